The van der Waals surface area contributed by atoms with E-state index in [0.717, 1.165) is 12.8 Å². The number of benzene rings is 2. The Morgan fingerprint density at radius 1 is 1.05 bits per heavy atom. The average Bonchev–Trinajstić information content (AvgIpc) is 3.76. The highest BCUT2D eigenvalue weighted by Crippen LogP contribution is 2.41. The maximum absolute atomic E-state index is 13.5. The van der Waals surface area contributed by atoms with Gasteiger partial charge in [0.15, 0.2) is 5.82 Å². The minimum atomic E-state index is -0.833. The van der Waals surface area contributed by atoms with Crippen molar-refractivity contribution in [2.75, 3.05) is 5.32 Å². The number of hydrogen-bond acceptors (Lipinski definition) is 7. The van der Waals surface area contributed by atoms with E-state index in [4.69, 9.17) is 16.6 Å². The average molecular weight is 543 g/mol. The summed E-state index contributed by atoms with van der Waals surface area (Å²) in [4.78, 5) is 64.7. The number of carbonyl (C=O) groups excluding carboxylic acids is 3. The molecule has 1 atom stereocenters. The number of rotatable bonds is 5. The van der Waals surface area contributed by atoms with Crippen molar-refractivity contribution >= 4 is 45.9 Å². The summed E-state index contributed by atoms with van der Waals surface area (Å²) in [6.07, 6.45) is 3.71. The van der Waals surface area contributed by atoms with Gasteiger partial charge in [0, 0.05) is 24.1 Å². The number of halogens is 1. The molecule has 1 aliphatic carbocycles. The molecule has 1 saturated heterocycles. The lowest BCUT2D eigenvalue weighted by Gasteiger charge is -2.24. The summed E-state index contributed by atoms with van der Waals surface area (Å²) in [5.74, 6) is -0.400. The van der Waals surface area contributed by atoms with E-state index in [-0.39, 0.29) is 30.1 Å². The molecule has 1 aliphatic heterocycles. The molecule has 2 N–H and O–H groups in total. The molecule has 2 aromatic carbocycles. The first-order chi connectivity index (χ1) is 18.8. The summed E-state index contributed by atoms with van der Waals surface area (Å²) in [5.41, 5.74) is 1.92. The van der Waals surface area contributed by atoms with Crippen molar-refractivity contribution < 1.29 is 14.4 Å². The van der Waals surface area contributed by atoms with Crippen LogP contribution in [0.1, 0.15) is 59.5 Å². The fourth-order valence-electron chi connectivity index (χ4n) is 4.93. The van der Waals surface area contributed by atoms with E-state index in [9.17, 15) is 19.2 Å². The number of fused-ring (bicyclic) bond motifs is 1. The van der Waals surface area contributed by atoms with E-state index >= 15 is 0 Å². The summed E-state index contributed by atoms with van der Waals surface area (Å²) in [6, 6.07) is 11.4. The molecular weight excluding hydrogens is 520 g/mol. The molecule has 0 spiro atoms. The second-order valence-corrected chi connectivity index (χ2v) is 10.1. The monoisotopic (exact) mass is 542 g/mol. The molecule has 2 fully saturated rings. The first kappa shape index (κ1) is 24.9. The Morgan fingerprint density at radius 3 is 2.59 bits per heavy atom. The van der Waals surface area contributed by atoms with Gasteiger partial charge in [0.25, 0.3) is 11.5 Å². The molecule has 39 heavy (non-hydrogen) atoms. The standard InChI is InChI=1S/C28H23ClN6O4/c1-14-31-24-17(28(39)35(14)21-11-12-22(36)33-27(21)38)6-4-8-20(24)32-26(37)18-13-30-25(34-23(18)15-9-10-15)16-5-2-3-7-19(16)29/h2-8,13,15,21H,9-12H2,1H3,(H,32,37)(H,33,36,38). The van der Waals surface area contributed by atoms with Crippen LogP contribution in [0.5, 0.6) is 0 Å². The van der Waals surface area contributed by atoms with Crippen LogP contribution in [0.4, 0.5) is 5.69 Å². The molecule has 3 amide bonds. The van der Waals surface area contributed by atoms with E-state index in [1.165, 1.54) is 10.8 Å². The molecule has 2 aromatic heterocycles. The zero-order valence-corrected chi connectivity index (χ0v) is 21.7. The van der Waals surface area contributed by atoms with Crippen LogP contribution >= 0.6 is 11.6 Å². The van der Waals surface area contributed by atoms with Gasteiger partial charge in [-0.2, -0.15) is 0 Å². The van der Waals surface area contributed by atoms with Crippen molar-refractivity contribution in [3.63, 3.8) is 0 Å². The summed E-state index contributed by atoms with van der Waals surface area (Å²) in [6.45, 7) is 1.62. The number of aromatic nitrogens is 4. The zero-order valence-electron chi connectivity index (χ0n) is 20.9. The molecule has 10 nitrogen and oxygen atoms in total. The van der Waals surface area contributed by atoms with E-state index in [2.05, 4.69) is 20.6 Å². The molecule has 4 aromatic rings. The van der Waals surface area contributed by atoms with Crippen molar-refractivity contribution in [2.24, 2.45) is 0 Å². The highest BCUT2D eigenvalue weighted by molar-refractivity contribution is 6.33. The van der Waals surface area contributed by atoms with Gasteiger partial charge in [-0.25, -0.2) is 15.0 Å². The third-order valence-electron chi connectivity index (χ3n) is 7.02. The smallest absolute Gasteiger partial charge is 0.262 e. The molecule has 0 bridgehead atoms. The van der Waals surface area contributed by atoms with Gasteiger partial charge in [-0.3, -0.25) is 29.1 Å². The lowest BCUT2D eigenvalue weighted by Crippen LogP contribution is -2.45. The van der Waals surface area contributed by atoms with Crippen molar-refractivity contribution in [3.8, 4) is 11.4 Å². The third-order valence-corrected chi connectivity index (χ3v) is 7.35. The molecule has 1 saturated carbocycles. The maximum Gasteiger partial charge on any atom is 0.262 e. The van der Waals surface area contributed by atoms with Crippen molar-refractivity contribution in [1.82, 2.24) is 24.8 Å². The highest BCUT2D eigenvalue weighted by atomic mass is 35.5. The van der Waals surface area contributed by atoms with Gasteiger partial charge in [0.05, 0.1) is 27.4 Å². The molecule has 1 unspecified atom stereocenters. The van der Waals surface area contributed by atoms with Crippen LogP contribution in [-0.4, -0.2) is 37.2 Å². The Bertz CT molecular complexity index is 1750. The second kappa shape index (κ2) is 9.70. The minimum absolute atomic E-state index is 0.136. The summed E-state index contributed by atoms with van der Waals surface area (Å²) >= 11 is 6.34. The highest BCUT2D eigenvalue weighted by Gasteiger charge is 2.32. The fourth-order valence-corrected chi connectivity index (χ4v) is 5.15. The number of amides is 3. The summed E-state index contributed by atoms with van der Waals surface area (Å²) in [5, 5.41) is 5.94. The number of anilines is 1. The molecule has 3 heterocycles. The van der Waals surface area contributed by atoms with Crippen LogP contribution in [0, 0.1) is 6.92 Å². The normalized spacial score (nSPS) is 17.2. The van der Waals surface area contributed by atoms with Crippen molar-refractivity contribution in [2.45, 2.75) is 44.6 Å². The third kappa shape index (κ3) is 4.57. The summed E-state index contributed by atoms with van der Waals surface area (Å²) < 4.78 is 1.31. The number of para-hydroxylation sites is 1. The predicted molar refractivity (Wildman–Crippen MR) is 145 cm³/mol. The number of nitrogens with one attached hydrogen (secondary N) is 2. The van der Waals surface area contributed by atoms with Gasteiger partial charge >= 0.3 is 0 Å². The van der Waals surface area contributed by atoms with Gasteiger partial charge in [-0.05, 0) is 50.5 Å². The Kier molecular flexibility index (Phi) is 6.19. The second-order valence-electron chi connectivity index (χ2n) is 9.70. The van der Waals surface area contributed by atoms with Crippen LogP contribution in [0.25, 0.3) is 22.3 Å². The quantitative estimate of drug-likeness (QED) is 0.365. The van der Waals surface area contributed by atoms with Gasteiger partial charge in [0.2, 0.25) is 11.8 Å². The SMILES string of the molecule is Cc1nc2c(NC(=O)c3cnc(-c4ccccc4Cl)nc3C3CC3)cccc2c(=O)n1C1CCC(=O)NC1=O. The molecule has 11 heteroatoms. The Labute approximate surface area is 227 Å². The van der Waals surface area contributed by atoms with Gasteiger partial charge < -0.3 is 5.32 Å². The zero-order chi connectivity index (χ0) is 27.3. The van der Waals surface area contributed by atoms with E-state index in [0.29, 0.717) is 44.7 Å². The fraction of sp³-hybridized carbons (Fsp3) is 0.250. The number of aryl methyl sites for hydroxylation is 1. The predicted octanol–water partition coefficient (Wildman–Crippen LogP) is 3.92. The van der Waals surface area contributed by atoms with E-state index in [1.54, 1.807) is 31.2 Å². The van der Waals surface area contributed by atoms with Crippen LogP contribution in [-0.2, 0) is 9.59 Å². The Morgan fingerprint density at radius 2 is 1.85 bits per heavy atom. The maximum atomic E-state index is 13.5. The van der Waals surface area contributed by atoms with Gasteiger partial charge in [0.1, 0.15) is 17.4 Å². The molecule has 0 radical (unpaired) electrons. The minimum Gasteiger partial charge on any atom is -0.320 e. The summed E-state index contributed by atoms with van der Waals surface area (Å²) in [7, 11) is 0. The van der Waals surface area contributed by atoms with Crippen LogP contribution < -0.4 is 16.2 Å². The number of imide groups is 1. The topological polar surface area (TPSA) is 136 Å². The van der Waals surface area contributed by atoms with Gasteiger partial charge in [-0.15, -0.1) is 0 Å². The van der Waals surface area contributed by atoms with E-state index in [1.807, 2.05) is 18.2 Å². The number of hydrogen-bond donors (Lipinski definition) is 2. The lowest BCUT2D eigenvalue weighted by molar-refractivity contribution is -0.135. The molecule has 6 rings (SSSR count). The first-order valence-electron chi connectivity index (χ1n) is 12.6. The van der Waals surface area contributed by atoms with Crippen molar-refractivity contribution in [3.05, 3.63) is 81.1 Å². The van der Waals surface area contributed by atoms with Crippen LogP contribution in [0.15, 0.2) is 53.5 Å². The molecular formula is C28H23ClN6O4. The van der Waals surface area contributed by atoms with Crippen LogP contribution in [0.2, 0.25) is 5.02 Å². The number of nitrogens with zero attached hydrogens (tertiary/aromatic N) is 4. The molecule has 196 valence electrons. The van der Waals surface area contributed by atoms with E-state index < -0.39 is 23.4 Å². The Hall–Kier alpha value is -4.44. The van der Waals surface area contributed by atoms with Crippen molar-refractivity contribution in [1.29, 1.82) is 0 Å². The Balaban J connectivity index is 1.36. The van der Waals surface area contributed by atoms with Crippen LogP contribution in [0.3, 0.4) is 0 Å². The first-order valence-corrected chi connectivity index (χ1v) is 13.0. The van der Waals surface area contributed by atoms with Gasteiger partial charge in [-0.1, -0.05) is 29.8 Å². The largest absolute Gasteiger partial charge is 0.320 e. The molecule has 2 aliphatic rings. The lowest BCUT2D eigenvalue weighted by atomic mass is 10.1. The number of carbonyl (C=O) groups is 3. The number of piperidine rings is 1.